The first kappa shape index (κ1) is 6.93. The van der Waals surface area contributed by atoms with Gasteiger partial charge in [0.05, 0.1) is 0 Å². The van der Waals surface area contributed by atoms with Gasteiger partial charge in [0.1, 0.15) is 5.82 Å². The maximum Gasteiger partial charge on any atom is 0.110 e. The maximum absolute atomic E-state index is 5.71. The third-order valence-electron chi connectivity index (χ3n) is 1.55. The molecular formula is C8H12N2. The van der Waals surface area contributed by atoms with Gasteiger partial charge in [0, 0.05) is 11.9 Å². The van der Waals surface area contributed by atoms with Crippen molar-refractivity contribution in [2.75, 3.05) is 5.73 Å². The fourth-order valence-electron chi connectivity index (χ4n) is 0.875. The average molecular weight is 136 g/mol. The van der Waals surface area contributed by atoms with E-state index in [2.05, 4.69) is 6.58 Å². The predicted molar refractivity (Wildman–Crippen MR) is 44.6 cm³/mol. The molecule has 2 heteroatoms. The van der Waals surface area contributed by atoms with Crippen LogP contribution in [-0.2, 0) is 0 Å². The highest BCUT2D eigenvalue weighted by molar-refractivity contribution is 5.53. The molecule has 0 amide bonds. The van der Waals surface area contributed by atoms with Crippen LogP contribution in [0.4, 0.5) is 5.82 Å². The summed E-state index contributed by atoms with van der Waals surface area (Å²) < 4.78 is 1.87. The van der Waals surface area contributed by atoms with Crippen LogP contribution in [0.3, 0.4) is 0 Å². The molecule has 0 spiro atoms. The molecule has 0 fully saturated rings. The molecule has 1 rings (SSSR count). The largest absolute Gasteiger partial charge is 0.385 e. The SMILES string of the molecule is C=C(C)n1ccc(C)c1N. The number of hydrogen-bond acceptors (Lipinski definition) is 1. The molecule has 0 unspecified atom stereocenters. The molecular weight excluding hydrogens is 124 g/mol. The fraction of sp³-hybridized carbons (Fsp3) is 0.250. The van der Waals surface area contributed by atoms with Gasteiger partial charge >= 0.3 is 0 Å². The standard InChI is InChI=1S/C8H12N2/c1-6(2)10-5-4-7(3)8(10)9/h4-5H,1,9H2,2-3H3. The molecule has 1 aromatic heterocycles. The van der Waals surface area contributed by atoms with E-state index >= 15 is 0 Å². The molecule has 2 N–H and O–H groups in total. The van der Waals surface area contributed by atoms with E-state index in [9.17, 15) is 0 Å². The first-order chi connectivity index (χ1) is 4.63. The Labute approximate surface area is 61.0 Å². The molecule has 1 aromatic rings. The van der Waals surface area contributed by atoms with E-state index < -0.39 is 0 Å². The first-order valence-electron chi connectivity index (χ1n) is 3.22. The molecule has 2 nitrogen and oxygen atoms in total. The monoisotopic (exact) mass is 136 g/mol. The normalized spacial score (nSPS) is 9.80. The summed E-state index contributed by atoms with van der Waals surface area (Å²) in [7, 11) is 0. The molecule has 0 atom stereocenters. The predicted octanol–water partition coefficient (Wildman–Crippen LogP) is 1.87. The number of aryl methyl sites for hydroxylation is 1. The summed E-state index contributed by atoms with van der Waals surface area (Å²) in [5.74, 6) is 0.785. The van der Waals surface area contributed by atoms with E-state index in [-0.39, 0.29) is 0 Å². The molecule has 0 aliphatic carbocycles. The van der Waals surface area contributed by atoms with Gasteiger partial charge in [-0.3, -0.25) is 0 Å². The molecule has 0 aromatic carbocycles. The smallest absolute Gasteiger partial charge is 0.110 e. The van der Waals surface area contributed by atoms with Gasteiger partial charge in [-0.05, 0) is 25.5 Å². The van der Waals surface area contributed by atoms with Crippen molar-refractivity contribution in [1.29, 1.82) is 0 Å². The van der Waals surface area contributed by atoms with Crippen molar-refractivity contribution in [3.8, 4) is 0 Å². The molecule has 54 valence electrons. The van der Waals surface area contributed by atoms with Gasteiger partial charge in [-0.2, -0.15) is 0 Å². The number of aromatic nitrogens is 1. The number of nitrogens with two attached hydrogens (primary N) is 1. The van der Waals surface area contributed by atoms with E-state index in [1.165, 1.54) is 0 Å². The lowest BCUT2D eigenvalue weighted by Gasteiger charge is -2.03. The third kappa shape index (κ3) is 0.923. The Kier molecular flexibility index (Phi) is 1.53. The zero-order valence-corrected chi connectivity index (χ0v) is 6.39. The Morgan fingerprint density at radius 3 is 2.50 bits per heavy atom. The lowest BCUT2D eigenvalue weighted by molar-refractivity contribution is 1.11. The van der Waals surface area contributed by atoms with Crippen LogP contribution in [0.1, 0.15) is 12.5 Å². The van der Waals surface area contributed by atoms with Crippen molar-refractivity contribution in [3.05, 3.63) is 24.4 Å². The van der Waals surface area contributed by atoms with Crippen LogP contribution in [0.5, 0.6) is 0 Å². The topological polar surface area (TPSA) is 30.9 Å². The molecule has 0 aliphatic heterocycles. The number of allylic oxidation sites excluding steroid dienone is 1. The van der Waals surface area contributed by atoms with Crippen LogP contribution in [0.15, 0.2) is 18.8 Å². The summed E-state index contributed by atoms with van der Waals surface area (Å²) in [6, 6.07) is 1.98. The number of anilines is 1. The van der Waals surface area contributed by atoms with Crippen molar-refractivity contribution in [3.63, 3.8) is 0 Å². The van der Waals surface area contributed by atoms with Crippen molar-refractivity contribution >= 4 is 11.5 Å². The highest BCUT2D eigenvalue weighted by atomic mass is 15.0. The Hall–Kier alpha value is -1.18. The van der Waals surface area contributed by atoms with E-state index in [1.807, 2.05) is 30.7 Å². The Morgan fingerprint density at radius 2 is 2.30 bits per heavy atom. The number of nitrogens with zero attached hydrogens (tertiary/aromatic N) is 1. The van der Waals surface area contributed by atoms with Crippen molar-refractivity contribution in [1.82, 2.24) is 4.57 Å². The second kappa shape index (κ2) is 2.21. The van der Waals surface area contributed by atoms with Crippen LogP contribution in [0.2, 0.25) is 0 Å². The van der Waals surface area contributed by atoms with Crippen LogP contribution in [-0.4, -0.2) is 4.57 Å². The fourth-order valence-corrected chi connectivity index (χ4v) is 0.875. The number of hydrogen-bond donors (Lipinski definition) is 1. The lowest BCUT2D eigenvalue weighted by atomic mass is 10.4. The van der Waals surface area contributed by atoms with Crippen molar-refractivity contribution < 1.29 is 0 Å². The summed E-state index contributed by atoms with van der Waals surface area (Å²) in [5.41, 5.74) is 7.76. The van der Waals surface area contributed by atoms with Gasteiger partial charge in [0.25, 0.3) is 0 Å². The minimum atomic E-state index is 0.785. The second-order valence-electron chi connectivity index (χ2n) is 2.49. The molecule has 0 radical (unpaired) electrons. The first-order valence-corrected chi connectivity index (χ1v) is 3.22. The molecule has 10 heavy (non-hydrogen) atoms. The van der Waals surface area contributed by atoms with Gasteiger partial charge in [0.15, 0.2) is 0 Å². The lowest BCUT2D eigenvalue weighted by Crippen LogP contribution is -1.97. The van der Waals surface area contributed by atoms with E-state index in [0.717, 1.165) is 17.1 Å². The van der Waals surface area contributed by atoms with Crippen molar-refractivity contribution in [2.45, 2.75) is 13.8 Å². The zero-order chi connectivity index (χ0) is 7.72. The van der Waals surface area contributed by atoms with Gasteiger partial charge < -0.3 is 10.3 Å². The molecule has 0 aliphatic rings. The van der Waals surface area contributed by atoms with Gasteiger partial charge in [-0.15, -0.1) is 0 Å². The zero-order valence-electron chi connectivity index (χ0n) is 6.39. The molecule has 1 heterocycles. The third-order valence-corrected chi connectivity index (χ3v) is 1.55. The minimum absolute atomic E-state index is 0.785. The molecule has 0 bridgehead atoms. The molecule has 0 saturated heterocycles. The molecule has 0 saturated carbocycles. The minimum Gasteiger partial charge on any atom is -0.385 e. The Bertz CT molecular complexity index is 258. The summed E-state index contributed by atoms with van der Waals surface area (Å²) in [6.45, 7) is 7.69. The van der Waals surface area contributed by atoms with Crippen LogP contribution < -0.4 is 5.73 Å². The Balaban J connectivity index is 3.17. The van der Waals surface area contributed by atoms with Gasteiger partial charge in [-0.25, -0.2) is 0 Å². The maximum atomic E-state index is 5.71. The van der Waals surface area contributed by atoms with E-state index in [0.29, 0.717) is 0 Å². The van der Waals surface area contributed by atoms with Crippen LogP contribution in [0, 0.1) is 6.92 Å². The van der Waals surface area contributed by atoms with E-state index in [1.54, 1.807) is 0 Å². The van der Waals surface area contributed by atoms with Crippen molar-refractivity contribution in [2.24, 2.45) is 0 Å². The summed E-state index contributed by atoms with van der Waals surface area (Å²) in [5, 5.41) is 0. The summed E-state index contributed by atoms with van der Waals surface area (Å²) >= 11 is 0. The quantitative estimate of drug-likeness (QED) is 0.627. The second-order valence-corrected chi connectivity index (χ2v) is 2.49. The number of rotatable bonds is 1. The summed E-state index contributed by atoms with van der Waals surface area (Å²) in [6.07, 6.45) is 1.92. The highest BCUT2D eigenvalue weighted by Crippen LogP contribution is 2.15. The highest BCUT2D eigenvalue weighted by Gasteiger charge is 1.99. The number of nitrogen functional groups attached to an aromatic ring is 1. The van der Waals surface area contributed by atoms with Crippen LogP contribution in [0.25, 0.3) is 5.70 Å². The Morgan fingerprint density at radius 1 is 1.70 bits per heavy atom. The summed E-state index contributed by atoms with van der Waals surface area (Å²) in [4.78, 5) is 0. The van der Waals surface area contributed by atoms with Gasteiger partial charge in [-0.1, -0.05) is 6.58 Å². The van der Waals surface area contributed by atoms with Gasteiger partial charge in [0.2, 0.25) is 0 Å². The van der Waals surface area contributed by atoms with E-state index in [4.69, 9.17) is 5.73 Å². The average Bonchev–Trinajstić information content (AvgIpc) is 2.14. The van der Waals surface area contributed by atoms with Crippen LogP contribution >= 0.6 is 0 Å².